The molecule has 0 radical (unpaired) electrons. The van der Waals surface area contributed by atoms with E-state index in [1.165, 1.54) is 16.7 Å². The Morgan fingerprint density at radius 3 is 2.42 bits per heavy atom. The van der Waals surface area contributed by atoms with Gasteiger partial charge in [-0.1, -0.05) is 48.5 Å². The number of nitrogens with one attached hydrogen (secondary N) is 1. The Morgan fingerprint density at radius 2 is 1.79 bits per heavy atom. The molecule has 2 nitrogen and oxygen atoms in total. The van der Waals surface area contributed by atoms with Gasteiger partial charge in [0, 0.05) is 6.54 Å². The second-order valence-corrected chi connectivity index (χ2v) is 4.77. The molecule has 0 aromatic heterocycles. The molecule has 0 bridgehead atoms. The first-order chi connectivity index (χ1) is 9.20. The molecule has 1 unspecified atom stereocenters. The van der Waals surface area contributed by atoms with E-state index in [0.717, 1.165) is 5.56 Å². The Labute approximate surface area is 114 Å². The molecule has 0 saturated carbocycles. The van der Waals surface area contributed by atoms with Gasteiger partial charge in [-0.15, -0.1) is 0 Å². The largest absolute Gasteiger partial charge is 0.294 e. The van der Waals surface area contributed by atoms with Crippen LogP contribution < -0.4 is 5.32 Å². The third-order valence-electron chi connectivity index (χ3n) is 3.35. The van der Waals surface area contributed by atoms with E-state index in [-0.39, 0.29) is 6.04 Å². The third kappa shape index (κ3) is 3.43. The quantitative estimate of drug-likeness (QED) is 0.899. The number of nitrogens with zero attached hydrogens (tertiary/aromatic N) is 1. The minimum absolute atomic E-state index is 0.264. The van der Waals surface area contributed by atoms with E-state index >= 15 is 0 Å². The Morgan fingerprint density at radius 1 is 1.05 bits per heavy atom. The van der Waals surface area contributed by atoms with Gasteiger partial charge < -0.3 is 0 Å². The van der Waals surface area contributed by atoms with Crippen molar-refractivity contribution in [2.75, 3.05) is 0 Å². The molecule has 2 aromatic carbocycles. The molecule has 0 aliphatic carbocycles. The van der Waals surface area contributed by atoms with E-state index < -0.39 is 0 Å². The van der Waals surface area contributed by atoms with Gasteiger partial charge in [0.2, 0.25) is 0 Å². The summed E-state index contributed by atoms with van der Waals surface area (Å²) in [7, 11) is 0. The molecule has 2 heteroatoms. The lowest BCUT2D eigenvalue weighted by Gasteiger charge is -2.13. The zero-order chi connectivity index (χ0) is 13.7. The second-order valence-electron chi connectivity index (χ2n) is 4.77. The van der Waals surface area contributed by atoms with Crippen LogP contribution >= 0.6 is 0 Å². The van der Waals surface area contributed by atoms with Gasteiger partial charge in [0.25, 0.3) is 0 Å². The lowest BCUT2D eigenvalue weighted by Crippen LogP contribution is -2.19. The number of aryl methyl sites for hydroxylation is 2. The van der Waals surface area contributed by atoms with Gasteiger partial charge in [0.1, 0.15) is 6.04 Å². The monoisotopic (exact) mass is 250 g/mol. The minimum Gasteiger partial charge on any atom is -0.294 e. The highest BCUT2D eigenvalue weighted by molar-refractivity contribution is 5.34. The summed E-state index contributed by atoms with van der Waals surface area (Å²) in [5, 5.41) is 12.6. The van der Waals surface area contributed by atoms with E-state index in [2.05, 4.69) is 49.5 Å². The average molecular weight is 250 g/mol. The fraction of sp³-hybridized carbons (Fsp3) is 0.235. The fourth-order valence-electron chi connectivity index (χ4n) is 2.00. The van der Waals surface area contributed by atoms with Crippen LogP contribution in [0.4, 0.5) is 0 Å². The zero-order valence-corrected chi connectivity index (χ0v) is 11.4. The van der Waals surface area contributed by atoms with Crippen LogP contribution in [0.15, 0.2) is 48.5 Å². The van der Waals surface area contributed by atoms with E-state index in [9.17, 15) is 5.26 Å². The van der Waals surface area contributed by atoms with E-state index in [4.69, 9.17) is 0 Å². The first-order valence-corrected chi connectivity index (χ1v) is 6.45. The van der Waals surface area contributed by atoms with Crippen LogP contribution in [-0.4, -0.2) is 0 Å². The maximum absolute atomic E-state index is 9.31. The van der Waals surface area contributed by atoms with Crippen molar-refractivity contribution in [2.45, 2.75) is 26.4 Å². The van der Waals surface area contributed by atoms with Gasteiger partial charge in [0.05, 0.1) is 6.07 Å². The number of hydrogen-bond donors (Lipinski definition) is 1. The predicted octanol–water partition coefficient (Wildman–Crippen LogP) is 3.66. The van der Waals surface area contributed by atoms with Crippen LogP contribution in [0, 0.1) is 25.2 Å². The number of nitriles is 1. The summed E-state index contributed by atoms with van der Waals surface area (Å²) in [6, 6.07) is 18.4. The molecule has 1 N–H and O–H groups in total. The third-order valence-corrected chi connectivity index (χ3v) is 3.35. The van der Waals surface area contributed by atoms with Gasteiger partial charge in [-0.25, -0.2) is 0 Å². The SMILES string of the molecule is Cc1ccc(C(C#N)NCc2ccccc2)cc1C. The Kier molecular flexibility index (Phi) is 4.33. The van der Waals surface area contributed by atoms with Gasteiger partial charge in [-0.05, 0) is 36.1 Å². The van der Waals surface area contributed by atoms with Crippen LogP contribution in [0.25, 0.3) is 0 Å². The molecule has 0 heterocycles. The Bertz CT molecular complexity index is 582. The smallest absolute Gasteiger partial charge is 0.121 e. The summed E-state index contributed by atoms with van der Waals surface area (Å²) in [6.45, 7) is 4.86. The van der Waals surface area contributed by atoms with Crippen molar-refractivity contribution in [2.24, 2.45) is 0 Å². The van der Waals surface area contributed by atoms with Gasteiger partial charge in [-0.3, -0.25) is 5.32 Å². The summed E-state index contributed by atoms with van der Waals surface area (Å²) < 4.78 is 0. The van der Waals surface area contributed by atoms with Crippen molar-refractivity contribution < 1.29 is 0 Å². The standard InChI is InChI=1S/C17H18N2/c1-13-8-9-16(10-14(13)2)17(11-18)19-12-15-6-4-3-5-7-15/h3-10,17,19H,12H2,1-2H3. The molecule has 19 heavy (non-hydrogen) atoms. The molecule has 0 aliphatic heterocycles. The maximum Gasteiger partial charge on any atom is 0.121 e. The van der Waals surface area contributed by atoms with Crippen molar-refractivity contribution in [3.63, 3.8) is 0 Å². The lowest BCUT2D eigenvalue weighted by molar-refractivity contribution is 0.630. The summed E-state index contributed by atoms with van der Waals surface area (Å²) in [5.74, 6) is 0. The van der Waals surface area contributed by atoms with Crippen molar-refractivity contribution in [1.82, 2.24) is 5.32 Å². The topological polar surface area (TPSA) is 35.8 Å². The van der Waals surface area contributed by atoms with Crippen molar-refractivity contribution in [3.05, 3.63) is 70.8 Å². The molecule has 0 spiro atoms. The molecule has 1 atom stereocenters. The number of hydrogen-bond acceptors (Lipinski definition) is 2. The first kappa shape index (κ1) is 13.3. The summed E-state index contributed by atoms with van der Waals surface area (Å²) in [4.78, 5) is 0. The molecule has 0 amide bonds. The molecular formula is C17H18N2. The molecule has 0 aliphatic rings. The van der Waals surface area contributed by atoms with E-state index in [0.29, 0.717) is 6.54 Å². The molecule has 0 saturated heterocycles. The van der Waals surface area contributed by atoms with E-state index in [1.54, 1.807) is 0 Å². The van der Waals surface area contributed by atoms with Crippen LogP contribution in [0.3, 0.4) is 0 Å². The lowest BCUT2D eigenvalue weighted by atomic mass is 10.0. The van der Waals surface area contributed by atoms with Gasteiger partial charge in [0.15, 0.2) is 0 Å². The zero-order valence-electron chi connectivity index (χ0n) is 11.4. The minimum atomic E-state index is -0.264. The molecule has 0 fully saturated rings. The molecule has 2 aromatic rings. The summed E-state index contributed by atoms with van der Waals surface area (Å²) in [5.41, 5.74) is 4.69. The number of rotatable bonds is 4. The van der Waals surface area contributed by atoms with Crippen molar-refractivity contribution in [1.29, 1.82) is 5.26 Å². The van der Waals surface area contributed by atoms with Gasteiger partial charge in [-0.2, -0.15) is 5.26 Å². The highest BCUT2D eigenvalue weighted by Gasteiger charge is 2.10. The molecular weight excluding hydrogens is 232 g/mol. The van der Waals surface area contributed by atoms with Gasteiger partial charge >= 0.3 is 0 Å². The highest BCUT2D eigenvalue weighted by atomic mass is 14.9. The normalized spacial score (nSPS) is 11.8. The number of benzene rings is 2. The predicted molar refractivity (Wildman–Crippen MR) is 77.6 cm³/mol. The molecule has 2 rings (SSSR count). The average Bonchev–Trinajstić information content (AvgIpc) is 2.44. The Hall–Kier alpha value is -2.11. The fourth-order valence-corrected chi connectivity index (χ4v) is 2.00. The van der Waals surface area contributed by atoms with Crippen molar-refractivity contribution >= 4 is 0 Å². The first-order valence-electron chi connectivity index (χ1n) is 6.45. The summed E-state index contributed by atoms with van der Waals surface area (Å²) >= 11 is 0. The second kappa shape index (κ2) is 6.17. The van der Waals surface area contributed by atoms with Crippen molar-refractivity contribution in [3.8, 4) is 6.07 Å². The summed E-state index contributed by atoms with van der Waals surface area (Å²) in [6.07, 6.45) is 0. The highest BCUT2D eigenvalue weighted by Crippen LogP contribution is 2.17. The van der Waals surface area contributed by atoms with Crippen LogP contribution in [0.5, 0.6) is 0 Å². The molecule has 96 valence electrons. The van der Waals surface area contributed by atoms with Crippen LogP contribution in [0.1, 0.15) is 28.3 Å². The Balaban J connectivity index is 2.08. The maximum atomic E-state index is 9.31. The van der Waals surface area contributed by atoms with Crippen LogP contribution in [0.2, 0.25) is 0 Å². The van der Waals surface area contributed by atoms with E-state index in [1.807, 2.05) is 24.3 Å². The van der Waals surface area contributed by atoms with Crippen LogP contribution in [-0.2, 0) is 6.54 Å².